The smallest absolute Gasteiger partial charge is 0.400 e. The highest BCUT2D eigenvalue weighted by Crippen LogP contribution is 2.40. The summed E-state index contributed by atoms with van der Waals surface area (Å²) < 4.78 is 47.9. The quantitative estimate of drug-likeness (QED) is 0.555. The molecule has 132 valence electrons. The Morgan fingerprint density at radius 3 is 2.36 bits per heavy atom. The molecule has 0 spiro atoms. The van der Waals surface area contributed by atoms with Crippen LogP contribution in [0.3, 0.4) is 0 Å². The fourth-order valence-electron chi connectivity index (χ4n) is 3.42. The predicted octanol–water partition coefficient (Wildman–Crippen LogP) is 6.59. The average Bonchev–Trinajstić information content (AvgIpc) is 2.60. The van der Waals surface area contributed by atoms with Crippen LogP contribution in [-0.4, -0.2) is 6.11 Å². The number of rotatable bonds is 5. The molecule has 0 N–H and O–H groups in total. The van der Waals surface area contributed by atoms with Gasteiger partial charge in [0.15, 0.2) is 0 Å². The van der Waals surface area contributed by atoms with Crippen molar-refractivity contribution in [3.8, 4) is 5.75 Å². The lowest BCUT2D eigenvalue weighted by molar-refractivity contribution is -0.222. The van der Waals surface area contributed by atoms with Crippen molar-refractivity contribution in [3.05, 3.63) is 60.9 Å². The minimum absolute atomic E-state index is 0.0501. The van der Waals surface area contributed by atoms with E-state index >= 15 is 0 Å². The Labute approximate surface area is 145 Å². The molecule has 1 aliphatic carbocycles. The van der Waals surface area contributed by atoms with Gasteiger partial charge in [-0.3, -0.25) is 0 Å². The molecule has 2 aromatic rings. The van der Waals surface area contributed by atoms with Crippen LogP contribution in [0.25, 0.3) is 16.8 Å². The Balaban J connectivity index is 1.79. The van der Waals surface area contributed by atoms with Crippen LogP contribution < -0.4 is 4.74 Å². The first kappa shape index (κ1) is 17.6. The zero-order chi connectivity index (χ0) is 18.0. The molecule has 0 aliphatic heterocycles. The zero-order valence-corrected chi connectivity index (χ0v) is 14.0. The lowest BCUT2D eigenvalue weighted by atomic mass is 9.81. The number of alkyl halides is 2. The Bertz CT molecular complexity index is 789. The monoisotopic (exact) mass is 346 g/mol. The summed E-state index contributed by atoms with van der Waals surface area (Å²) in [7, 11) is 0. The summed E-state index contributed by atoms with van der Waals surface area (Å²) in [5, 5.41) is 1.27. The van der Waals surface area contributed by atoms with Crippen molar-refractivity contribution >= 4 is 16.8 Å². The van der Waals surface area contributed by atoms with Crippen LogP contribution in [0.5, 0.6) is 5.75 Å². The van der Waals surface area contributed by atoms with Crippen molar-refractivity contribution in [3.63, 3.8) is 0 Å². The van der Waals surface area contributed by atoms with Crippen molar-refractivity contribution in [2.24, 2.45) is 11.8 Å². The van der Waals surface area contributed by atoms with E-state index < -0.39 is 17.8 Å². The third kappa shape index (κ3) is 3.73. The highest BCUT2D eigenvalue weighted by atomic mass is 19.3. The van der Waals surface area contributed by atoms with Gasteiger partial charge in [0.25, 0.3) is 0 Å². The van der Waals surface area contributed by atoms with E-state index in [0.29, 0.717) is 42.6 Å². The molecule has 1 fully saturated rings. The van der Waals surface area contributed by atoms with Gasteiger partial charge >= 0.3 is 6.11 Å². The Morgan fingerprint density at radius 2 is 1.72 bits per heavy atom. The van der Waals surface area contributed by atoms with Crippen molar-refractivity contribution in [1.82, 2.24) is 0 Å². The lowest BCUT2D eigenvalue weighted by Gasteiger charge is -2.32. The highest BCUT2D eigenvalue weighted by Gasteiger charge is 2.43. The number of ether oxygens (including phenoxy) is 1. The van der Waals surface area contributed by atoms with E-state index in [1.165, 1.54) is 24.3 Å². The van der Waals surface area contributed by atoms with Gasteiger partial charge in [-0.25, -0.2) is 4.39 Å². The summed E-state index contributed by atoms with van der Waals surface area (Å²) in [6.07, 6.45) is 2.26. The predicted molar refractivity (Wildman–Crippen MR) is 95.2 cm³/mol. The maximum atomic E-state index is 14.5. The average molecular weight is 346 g/mol. The Morgan fingerprint density at radius 1 is 1.00 bits per heavy atom. The molecular formula is C21H21F3O. The molecule has 0 unspecified atom stereocenters. The van der Waals surface area contributed by atoms with Crippen LogP contribution in [0, 0.1) is 17.7 Å². The second-order valence-electron chi connectivity index (χ2n) is 6.60. The number of benzene rings is 2. The summed E-state index contributed by atoms with van der Waals surface area (Å²) in [4.78, 5) is 0. The molecule has 0 saturated heterocycles. The molecule has 25 heavy (non-hydrogen) atoms. The maximum Gasteiger partial charge on any atom is 0.400 e. The Hall–Kier alpha value is -2.23. The molecule has 1 nitrogen and oxygen atoms in total. The first-order valence-corrected chi connectivity index (χ1v) is 8.48. The second kappa shape index (κ2) is 6.95. The van der Waals surface area contributed by atoms with Crippen molar-refractivity contribution in [2.45, 2.75) is 31.8 Å². The molecule has 0 amide bonds. The lowest BCUT2D eigenvalue weighted by Crippen LogP contribution is -2.37. The second-order valence-corrected chi connectivity index (χ2v) is 6.60. The minimum atomic E-state index is -3.24. The van der Waals surface area contributed by atoms with E-state index in [2.05, 4.69) is 13.2 Å². The molecule has 0 aromatic heterocycles. The summed E-state index contributed by atoms with van der Waals surface area (Å²) in [6, 6.07) is 7.55. The molecule has 2 aromatic carbocycles. The third-order valence-electron chi connectivity index (χ3n) is 4.98. The number of hydrogen-bond donors (Lipinski definition) is 0. The zero-order valence-electron chi connectivity index (χ0n) is 14.0. The van der Waals surface area contributed by atoms with Gasteiger partial charge in [0.2, 0.25) is 0 Å². The fraction of sp³-hybridized carbons (Fsp3) is 0.333. The minimum Gasteiger partial charge on any atom is -0.432 e. The van der Waals surface area contributed by atoms with Crippen molar-refractivity contribution in [2.75, 3.05) is 0 Å². The topological polar surface area (TPSA) is 9.23 Å². The fourth-order valence-corrected chi connectivity index (χ4v) is 3.42. The molecule has 4 heteroatoms. The largest absolute Gasteiger partial charge is 0.432 e. The van der Waals surface area contributed by atoms with Gasteiger partial charge in [-0.2, -0.15) is 8.78 Å². The van der Waals surface area contributed by atoms with Crippen LogP contribution in [-0.2, 0) is 0 Å². The van der Waals surface area contributed by atoms with E-state index in [9.17, 15) is 13.2 Å². The SMILES string of the molecule is C=Cc1cc2ccc(OC(F)(F)C3CCC(C=C)CC3)cc2cc1F. The van der Waals surface area contributed by atoms with Crippen LogP contribution in [0.1, 0.15) is 31.2 Å². The summed E-state index contributed by atoms with van der Waals surface area (Å²) >= 11 is 0. The standard InChI is InChI=1S/C21H21F3O/c1-3-14-5-8-18(9-6-14)21(23,24)25-19-10-7-16-11-15(4-2)20(22)13-17(16)12-19/h3-4,7,10-14,18H,1-2,5-6,8-9H2. The molecule has 0 radical (unpaired) electrons. The molecule has 0 atom stereocenters. The molecule has 0 bridgehead atoms. The van der Waals surface area contributed by atoms with Crippen molar-refractivity contribution in [1.29, 1.82) is 0 Å². The number of fused-ring (bicyclic) bond motifs is 1. The molecule has 1 saturated carbocycles. The van der Waals surface area contributed by atoms with E-state index in [1.807, 2.05) is 6.08 Å². The Kier molecular flexibility index (Phi) is 4.89. The van der Waals surface area contributed by atoms with Gasteiger partial charge in [0, 0.05) is 5.56 Å². The van der Waals surface area contributed by atoms with Gasteiger partial charge in [-0.15, -0.1) is 6.58 Å². The number of hydrogen-bond acceptors (Lipinski definition) is 1. The van der Waals surface area contributed by atoms with Crippen LogP contribution >= 0.6 is 0 Å². The maximum absolute atomic E-state index is 14.5. The normalized spacial score (nSPS) is 21.1. The third-order valence-corrected chi connectivity index (χ3v) is 4.98. The van der Waals surface area contributed by atoms with E-state index in [0.717, 1.165) is 5.39 Å². The molecule has 1 aliphatic rings. The van der Waals surface area contributed by atoms with Crippen molar-refractivity contribution < 1.29 is 17.9 Å². The van der Waals surface area contributed by atoms with Crippen LogP contribution in [0.2, 0.25) is 0 Å². The van der Waals surface area contributed by atoms with Gasteiger partial charge in [-0.05, 0) is 66.6 Å². The highest BCUT2D eigenvalue weighted by molar-refractivity contribution is 5.86. The van der Waals surface area contributed by atoms with Gasteiger partial charge < -0.3 is 4.74 Å². The number of allylic oxidation sites excluding steroid dienone is 1. The first-order valence-electron chi connectivity index (χ1n) is 8.48. The van der Waals surface area contributed by atoms with Gasteiger partial charge in [-0.1, -0.05) is 24.8 Å². The van der Waals surface area contributed by atoms with E-state index in [-0.39, 0.29) is 5.75 Å². The summed E-state index contributed by atoms with van der Waals surface area (Å²) in [6.45, 7) is 7.29. The summed E-state index contributed by atoms with van der Waals surface area (Å²) in [5.74, 6) is -0.878. The molecule has 0 heterocycles. The van der Waals surface area contributed by atoms with Gasteiger partial charge in [0.1, 0.15) is 11.6 Å². The van der Waals surface area contributed by atoms with E-state index in [1.54, 1.807) is 12.1 Å². The molecular weight excluding hydrogens is 325 g/mol. The van der Waals surface area contributed by atoms with Crippen LogP contribution in [0.4, 0.5) is 13.2 Å². The van der Waals surface area contributed by atoms with Gasteiger partial charge in [0.05, 0.1) is 5.92 Å². The first-order chi connectivity index (χ1) is 11.9. The van der Waals surface area contributed by atoms with Crippen LogP contribution in [0.15, 0.2) is 49.6 Å². The van der Waals surface area contributed by atoms with E-state index in [4.69, 9.17) is 4.74 Å². The molecule has 3 rings (SSSR count). The number of halogens is 3. The summed E-state index contributed by atoms with van der Waals surface area (Å²) in [5.41, 5.74) is 0.380.